The Morgan fingerprint density at radius 2 is 2.22 bits per heavy atom. The van der Waals surface area contributed by atoms with E-state index in [4.69, 9.17) is 15.6 Å². The highest BCUT2D eigenvalue weighted by atomic mass is 16.5. The average molecular weight is 249 g/mol. The van der Waals surface area contributed by atoms with Crippen LogP contribution in [0.4, 0.5) is 0 Å². The maximum Gasteiger partial charge on any atom is 0.323 e. The molecule has 1 saturated carbocycles. The maximum atomic E-state index is 11.1. The maximum absolute atomic E-state index is 11.1. The molecule has 0 heterocycles. The summed E-state index contributed by atoms with van der Waals surface area (Å²) >= 11 is 0. The zero-order valence-corrected chi connectivity index (χ0v) is 10.8. The van der Waals surface area contributed by atoms with Crippen LogP contribution in [0, 0.1) is 13.8 Å². The Kier molecular flexibility index (Phi) is 3.30. The Morgan fingerprint density at radius 1 is 1.50 bits per heavy atom. The molecule has 4 heteroatoms. The first kappa shape index (κ1) is 12.9. The number of carboxylic acid groups (broad SMARTS) is 1. The Morgan fingerprint density at radius 3 is 2.83 bits per heavy atom. The van der Waals surface area contributed by atoms with Crippen LogP contribution in [-0.4, -0.2) is 22.7 Å². The number of hydrogen-bond donors (Lipinski definition) is 2. The molecule has 18 heavy (non-hydrogen) atoms. The molecule has 2 unspecified atom stereocenters. The highest BCUT2D eigenvalue weighted by Crippen LogP contribution is 2.32. The monoisotopic (exact) mass is 249 g/mol. The molecule has 1 aromatic rings. The van der Waals surface area contributed by atoms with E-state index in [1.54, 1.807) is 0 Å². The van der Waals surface area contributed by atoms with Gasteiger partial charge in [-0.15, -0.1) is 0 Å². The predicted molar refractivity (Wildman–Crippen MR) is 68.7 cm³/mol. The molecule has 4 nitrogen and oxygen atoms in total. The van der Waals surface area contributed by atoms with Crippen LogP contribution in [0.5, 0.6) is 5.75 Å². The lowest BCUT2D eigenvalue weighted by molar-refractivity contribution is -0.143. The number of aliphatic carboxylic acids is 1. The van der Waals surface area contributed by atoms with Crippen molar-refractivity contribution in [3.8, 4) is 5.75 Å². The van der Waals surface area contributed by atoms with Crippen molar-refractivity contribution in [3.63, 3.8) is 0 Å². The highest BCUT2D eigenvalue weighted by Gasteiger charge is 2.43. The van der Waals surface area contributed by atoms with Crippen molar-refractivity contribution in [3.05, 3.63) is 29.3 Å². The molecule has 0 aromatic heterocycles. The van der Waals surface area contributed by atoms with Gasteiger partial charge in [-0.2, -0.15) is 0 Å². The van der Waals surface area contributed by atoms with Gasteiger partial charge in [0.05, 0.1) is 0 Å². The van der Waals surface area contributed by atoms with E-state index in [0.29, 0.717) is 19.3 Å². The average Bonchev–Trinajstić information content (AvgIpc) is 2.68. The molecule has 0 amide bonds. The number of benzene rings is 1. The van der Waals surface area contributed by atoms with Crippen LogP contribution in [0.2, 0.25) is 0 Å². The fourth-order valence-corrected chi connectivity index (χ4v) is 2.36. The van der Waals surface area contributed by atoms with Gasteiger partial charge in [0.1, 0.15) is 17.4 Å². The Balaban J connectivity index is 2.08. The van der Waals surface area contributed by atoms with Crippen LogP contribution in [0.25, 0.3) is 0 Å². The molecule has 0 bridgehead atoms. The number of carbonyl (C=O) groups is 1. The van der Waals surface area contributed by atoms with Crippen molar-refractivity contribution < 1.29 is 14.6 Å². The number of carboxylic acids is 1. The van der Waals surface area contributed by atoms with Gasteiger partial charge in [-0.1, -0.05) is 12.1 Å². The summed E-state index contributed by atoms with van der Waals surface area (Å²) in [5.74, 6) is -0.107. The van der Waals surface area contributed by atoms with Crippen molar-refractivity contribution in [2.45, 2.75) is 44.8 Å². The third-order valence-corrected chi connectivity index (χ3v) is 3.78. The summed E-state index contributed by atoms with van der Waals surface area (Å²) in [6.45, 7) is 4.04. The van der Waals surface area contributed by atoms with Gasteiger partial charge < -0.3 is 15.6 Å². The van der Waals surface area contributed by atoms with Gasteiger partial charge in [-0.05, 0) is 43.9 Å². The third-order valence-electron chi connectivity index (χ3n) is 3.78. The lowest BCUT2D eigenvalue weighted by Crippen LogP contribution is -2.46. The molecule has 1 aromatic carbocycles. The fourth-order valence-electron chi connectivity index (χ4n) is 2.36. The van der Waals surface area contributed by atoms with Gasteiger partial charge in [0, 0.05) is 6.42 Å². The largest absolute Gasteiger partial charge is 0.490 e. The van der Waals surface area contributed by atoms with Gasteiger partial charge in [0.15, 0.2) is 0 Å². The highest BCUT2D eigenvalue weighted by molar-refractivity contribution is 5.79. The molecule has 0 spiro atoms. The van der Waals surface area contributed by atoms with E-state index in [-0.39, 0.29) is 6.10 Å². The molecule has 0 aliphatic heterocycles. The lowest BCUT2D eigenvalue weighted by atomic mass is 10.00. The minimum absolute atomic E-state index is 0.105. The van der Waals surface area contributed by atoms with Gasteiger partial charge >= 0.3 is 5.97 Å². The van der Waals surface area contributed by atoms with E-state index >= 15 is 0 Å². The van der Waals surface area contributed by atoms with Gasteiger partial charge in [0.25, 0.3) is 0 Å². The Hall–Kier alpha value is -1.55. The summed E-state index contributed by atoms with van der Waals surface area (Å²) < 4.78 is 5.89. The molecule has 2 atom stereocenters. The van der Waals surface area contributed by atoms with Gasteiger partial charge in [-0.25, -0.2) is 0 Å². The van der Waals surface area contributed by atoms with E-state index in [0.717, 1.165) is 11.3 Å². The van der Waals surface area contributed by atoms with Crippen LogP contribution >= 0.6 is 0 Å². The van der Waals surface area contributed by atoms with Crippen LogP contribution in [0.1, 0.15) is 30.4 Å². The Bertz CT molecular complexity index is 472. The van der Waals surface area contributed by atoms with E-state index in [1.807, 2.05) is 32.0 Å². The quantitative estimate of drug-likeness (QED) is 0.859. The van der Waals surface area contributed by atoms with Crippen molar-refractivity contribution in [2.75, 3.05) is 0 Å². The van der Waals surface area contributed by atoms with Crippen LogP contribution < -0.4 is 10.5 Å². The van der Waals surface area contributed by atoms with Crippen molar-refractivity contribution in [1.82, 2.24) is 0 Å². The number of rotatable bonds is 3. The summed E-state index contributed by atoms with van der Waals surface area (Å²) in [4.78, 5) is 11.1. The molecule has 1 aliphatic rings. The second kappa shape index (κ2) is 4.61. The summed E-state index contributed by atoms with van der Waals surface area (Å²) in [7, 11) is 0. The SMILES string of the molecule is Cc1cccc(OC2CCC(N)(C(=O)O)C2)c1C. The van der Waals surface area contributed by atoms with Crippen molar-refractivity contribution in [1.29, 1.82) is 0 Å². The molecule has 1 fully saturated rings. The fraction of sp³-hybridized carbons (Fsp3) is 0.500. The topological polar surface area (TPSA) is 72.5 Å². The first-order valence-electron chi connectivity index (χ1n) is 6.17. The summed E-state index contributed by atoms with van der Waals surface area (Å²) in [5, 5.41) is 9.07. The normalized spacial score (nSPS) is 27.2. The van der Waals surface area contributed by atoms with E-state index in [1.165, 1.54) is 5.56 Å². The van der Waals surface area contributed by atoms with Gasteiger partial charge in [0.2, 0.25) is 0 Å². The molecule has 3 N–H and O–H groups in total. The molecular weight excluding hydrogens is 230 g/mol. The molecule has 0 radical (unpaired) electrons. The Labute approximate surface area is 107 Å². The van der Waals surface area contributed by atoms with Crippen LogP contribution in [0.15, 0.2) is 18.2 Å². The minimum Gasteiger partial charge on any atom is -0.490 e. The van der Waals surface area contributed by atoms with E-state index < -0.39 is 11.5 Å². The summed E-state index contributed by atoms with van der Waals surface area (Å²) in [6, 6.07) is 5.89. The first-order valence-corrected chi connectivity index (χ1v) is 6.17. The standard InChI is InChI=1S/C14H19NO3/c1-9-4-3-5-12(10(9)2)18-11-6-7-14(15,8-11)13(16)17/h3-5,11H,6-8,15H2,1-2H3,(H,16,17). The lowest BCUT2D eigenvalue weighted by Gasteiger charge is -2.19. The molecule has 98 valence electrons. The van der Waals surface area contributed by atoms with E-state index in [9.17, 15) is 4.79 Å². The van der Waals surface area contributed by atoms with Crippen LogP contribution in [0.3, 0.4) is 0 Å². The number of nitrogens with two attached hydrogens (primary N) is 1. The van der Waals surface area contributed by atoms with Crippen molar-refractivity contribution in [2.24, 2.45) is 5.73 Å². The zero-order valence-electron chi connectivity index (χ0n) is 10.8. The third kappa shape index (κ3) is 2.34. The van der Waals surface area contributed by atoms with Crippen LogP contribution in [-0.2, 0) is 4.79 Å². The predicted octanol–water partition coefficient (Wildman–Crippen LogP) is 2.02. The molecular formula is C14H19NO3. The number of aryl methyl sites for hydroxylation is 1. The molecule has 0 saturated heterocycles. The molecule has 1 aliphatic carbocycles. The minimum atomic E-state index is -1.12. The molecule has 2 rings (SSSR count). The smallest absolute Gasteiger partial charge is 0.323 e. The van der Waals surface area contributed by atoms with Gasteiger partial charge in [-0.3, -0.25) is 4.79 Å². The van der Waals surface area contributed by atoms with Crippen molar-refractivity contribution >= 4 is 5.97 Å². The zero-order chi connectivity index (χ0) is 13.3. The summed E-state index contributed by atoms with van der Waals surface area (Å²) in [6.07, 6.45) is 1.43. The number of hydrogen-bond acceptors (Lipinski definition) is 3. The first-order chi connectivity index (χ1) is 8.42. The second-order valence-electron chi connectivity index (χ2n) is 5.14. The summed E-state index contributed by atoms with van der Waals surface area (Å²) in [5.41, 5.74) is 6.98. The number of ether oxygens (including phenoxy) is 1. The second-order valence-corrected chi connectivity index (χ2v) is 5.14. The van der Waals surface area contributed by atoms with E-state index in [2.05, 4.69) is 0 Å².